The Balaban J connectivity index is 1.66. The molecule has 6 nitrogen and oxygen atoms in total. The van der Waals surface area contributed by atoms with E-state index in [0.717, 1.165) is 10.9 Å². The van der Waals surface area contributed by atoms with E-state index in [1.807, 2.05) is 6.92 Å². The van der Waals surface area contributed by atoms with Gasteiger partial charge in [0, 0.05) is 23.2 Å². The van der Waals surface area contributed by atoms with Crippen LogP contribution in [0, 0.1) is 6.92 Å². The Morgan fingerprint density at radius 2 is 1.80 bits per heavy atom. The van der Waals surface area contributed by atoms with Gasteiger partial charge < -0.3 is 19.2 Å². The maximum atomic E-state index is 12.0. The number of anilines is 1. The van der Waals surface area contributed by atoms with E-state index >= 15 is 0 Å². The average molecular weight is 339 g/mol. The van der Waals surface area contributed by atoms with Crippen LogP contribution in [0.4, 0.5) is 5.69 Å². The number of aryl methyl sites for hydroxylation is 1. The Bertz CT molecular complexity index is 960. The van der Waals surface area contributed by atoms with Crippen LogP contribution in [-0.2, 0) is 4.79 Å². The Labute approximate surface area is 144 Å². The van der Waals surface area contributed by atoms with Crippen LogP contribution in [-0.4, -0.2) is 19.6 Å². The van der Waals surface area contributed by atoms with Crippen molar-refractivity contribution in [1.29, 1.82) is 0 Å². The minimum absolute atomic E-state index is 0.137. The van der Waals surface area contributed by atoms with Crippen LogP contribution in [0.3, 0.4) is 0 Å². The first-order chi connectivity index (χ1) is 12.0. The Hall–Kier alpha value is -3.28. The molecule has 1 amide bonds. The molecule has 0 bridgehead atoms. The molecule has 128 valence electrons. The summed E-state index contributed by atoms with van der Waals surface area (Å²) >= 11 is 0. The molecule has 0 spiro atoms. The van der Waals surface area contributed by atoms with E-state index < -0.39 is 5.63 Å². The molecule has 0 aliphatic heterocycles. The fourth-order valence-corrected chi connectivity index (χ4v) is 2.42. The van der Waals surface area contributed by atoms with Gasteiger partial charge in [-0.2, -0.15) is 0 Å². The smallest absolute Gasteiger partial charge is 0.336 e. The van der Waals surface area contributed by atoms with Crippen molar-refractivity contribution < 1.29 is 18.7 Å². The maximum Gasteiger partial charge on any atom is 0.336 e. The van der Waals surface area contributed by atoms with E-state index in [1.54, 1.807) is 49.6 Å². The highest BCUT2D eigenvalue weighted by Gasteiger charge is 2.07. The van der Waals surface area contributed by atoms with Crippen molar-refractivity contribution in [2.45, 2.75) is 6.92 Å². The zero-order valence-electron chi connectivity index (χ0n) is 13.9. The van der Waals surface area contributed by atoms with Crippen molar-refractivity contribution in [1.82, 2.24) is 0 Å². The summed E-state index contributed by atoms with van der Waals surface area (Å²) in [6, 6.07) is 13.5. The fraction of sp³-hybridized carbons (Fsp3) is 0.158. The second-order valence-corrected chi connectivity index (χ2v) is 5.47. The lowest BCUT2D eigenvalue weighted by molar-refractivity contribution is -0.118. The molecule has 1 aromatic heterocycles. The van der Waals surface area contributed by atoms with Gasteiger partial charge in [0.2, 0.25) is 0 Å². The largest absolute Gasteiger partial charge is 0.497 e. The van der Waals surface area contributed by atoms with Gasteiger partial charge in [-0.3, -0.25) is 4.79 Å². The number of methoxy groups -OCH3 is 1. The van der Waals surface area contributed by atoms with Gasteiger partial charge in [-0.05, 0) is 48.9 Å². The first-order valence-electron chi connectivity index (χ1n) is 7.66. The van der Waals surface area contributed by atoms with Crippen LogP contribution in [0.1, 0.15) is 5.56 Å². The van der Waals surface area contributed by atoms with Crippen molar-refractivity contribution in [2.24, 2.45) is 0 Å². The summed E-state index contributed by atoms with van der Waals surface area (Å²) in [6.45, 7) is 1.70. The summed E-state index contributed by atoms with van der Waals surface area (Å²) in [7, 11) is 1.58. The molecule has 0 unspecified atom stereocenters. The van der Waals surface area contributed by atoms with E-state index in [9.17, 15) is 9.59 Å². The SMILES string of the molecule is COc1ccc(OCC(=O)Nc2ccc3c(C)cc(=O)oc3c2)cc1. The second-order valence-electron chi connectivity index (χ2n) is 5.47. The number of carbonyl (C=O) groups excluding carboxylic acids is 1. The number of rotatable bonds is 5. The third-order valence-electron chi connectivity index (χ3n) is 3.66. The Morgan fingerprint density at radius 3 is 2.52 bits per heavy atom. The minimum Gasteiger partial charge on any atom is -0.497 e. The molecule has 0 saturated carbocycles. The van der Waals surface area contributed by atoms with Gasteiger partial charge in [0.05, 0.1) is 7.11 Å². The molecule has 25 heavy (non-hydrogen) atoms. The van der Waals surface area contributed by atoms with E-state index in [2.05, 4.69) is 5.32 Å². The molecule has 0 atom stereocenters. The molecular weight excluding hydrogens is 322 g/mol. The fourth-order valence-electron chi connectivity index (χ4n) is 2.42. The molecule has 6 heteroatoms. The number of nitrogens with one attached hydrogen (secondary N) is 1. The van der Waals surface area contributed by atoms with Crippen LogP contribution < -0.4 is 20.4 Å². The summed E-state index contributed by atoms with van der Waals surface area (Å²) in [5.74, 6) is 0.964. The summed E-state index contributed by atoms with van der Waals surface area (Å²) in [6.07, 6.45) is 0. The van der Waals surface area contributed by atoms with Gasteiger partial charge in [-0.1, -0.05) is 0 Å². The zero-order chi connectivity index (χ0) is 17.8. The van der Waals surface area contributed by atoms with Crippen LogP contribution in [0.25, 0.3) is 11.0 Å². The molecule has 0 fully saturated rings. The van der Waals surface area contributed by atoms with Gasteiger partial charge in [0.1, 0.15) is 17.1 Å². The standard InChI is InChI=1S/C19H17NO5/c1-12-9-19(22)25-17-10-13(3-8-16(12)17)20-18(21)11-24-15-6-4-14(23-2)5-7-15/h3-10H,11H2,1-2H3,(H,20,21). The Morgan fingerprint density at radius 1 is 1.08 bits per heavy atom. The summed E-state index contributed by atoms with van der Waals surface area (Å²) in [5.41, 5.74) is 1.37. The Kier molecular flexibility index (Phi) is 4.70. The van der Waals surface area contributed by atoms with Crippen molar-refractivity contribution in [3.63, 3.8) is 0 Å². The van der Waals surface area contributed by atoms with E-state index in [-0.39, 0.29) is 12.5 Å². The summed E-state index contributed by atoms with van der Waals surface area (Å²) in [4.78, 5) is 23.5. The predicted molar refractivity (Wildman–Crippen MR) is 94.3 cm³/mol. The first kappa shape index (κ1) is 16.6. The molecule has 0 aliphatic carbocycles. The highest BCUT2D eigenvalue weighted by atomic mass is 16.5. The number of benzene rings is 2. The number of amides is 1. The molecule has 0 radical (unpaired) electrons. The van der Waals surface area contributed by atoms with Crippen LogP contribution in [0.15, 0.2) is 57.7 Å². The van der Waals surface area contributed by atoms with Crippen LogP contribution >= 0.6 is 0 Å². The van der Waals surface area contributed by atoms with Crippen LogP contribution in [0.2, 0.25) is 0 Å². The molecule has 2 aromatic carbocycles. The normalized spacial score (nSPS) is 10.5. The van der Waals surface area contributed by atoms with Crippen molar-refractivity contribution in [3.05, 3.63) is 64.5 Å². The number of carbonyl (C=O) groups is 1. The van der Waals surface area contributed by atoms with Crippen molar-refractivity contribution in [3.8, 4) is 11.5 Å². The molecule has 1 N–H and O–H groups in total. The van der Waals surface area contributed by atoms with Gasteiger partial charge >= 0.3 is 5.63 Å². The number of hydrogen-bond donors (Lipinski definition) is 1. The lowest BCUT2D eigenvalue weighted by Crippen LogP contribution is -2.20. The lowest BCUT2D eigenvalue weighted by atomic mass is 10.1. The van der Waals surface area contributed by atoms with Crippen LogP contribution in [0.5, 0.6) is 11.5 Å². The average Bonchev–Trinajstić information content (AvgIpc) is 2.60. The minimum atomic E-state index is -0.420. The molecular formula is C19H17NO5. The second kappa shape index (κ2) is 7.09. The molecule has 0 saturated heterocycles. The van der Waals surface area contributed by atoms with Crippen molar-refractivity contribution in [2.75, 3.05) is 19.0 Å². The highest BCUT2D eigenvalue weighted by Crippen LogP contribution is 2.21. The van der Waals surface area contributed by atoms with E-state index in [0.29, 0.717) is 22.8 Å². The summed E-state index contributed by atoms with van der Waals surface area (Å²) in [5, 5.41) is 3.54. The first-order valence-corrected chi connectivity index (χ1v) is 7.66. The number of ether oxygens (including phenoxy) is 2. The van der Waals surface area contributed by atoms with E-state index in [1.165, 1.54) is 6.07 Å². The van der Waals surface area contributed by atoms with Gasteiger partial charge in [-0.15, -0.1) is 0 Å². The number of fused-ring (bicyclic) bond motifs is 1. The monoisotopic (exact) mass is 339 g/mol. The molecule has 3 rings (SSSR count). The van der Waals surface area contributed by atoms with Gasteiger partial charge in [0.15, 0.2) is 6.61 Å². The molecule has 3 aromatic rings. The summed E-state index contributed by atoms with van der Waals surface area (Å²) < 4.78 is 15.6. The topological polar surface area (TPSA) is 77.8 Å². The predicted octanol–water partition coefficient (Wildman–Crippen LogP) is 3.13. The third kappa shape index (κ3) is 3.98. The molecule has 1 heterocycles. The van der Waals surface area contributed by atoms with E-state index in [4.69, 9.17) is 13.9 Å². The quantitative estimate of drug-likeness (QED) is 0.723. The van der Waals surface area contributed by atoms with Gasteiger partial charge in [0.25, 0.3) is 5.91 Å². The molecule has 0 aliphatic rings. The number of hydrogen-bond acceptors (Lipinski definition) is 5. The van der Waals surface area contributed by atoms with Gasteiger partial charge in [-0.25, -0.2) is 4.79 Å². The zero-order valence-corrected chi connectivity index (χ0v) is 13.9. The highest BCUT2D eigenvalue weighted by molar-refractivity contribution is 5.94. The van der Waals surface area contributed by atoms with Crippen molar-refractivity contribution >= 4 is 22.6 Å². The lowest BCUT2D eigenvalue weighted by Gasteiger charge is -2.09. The maximum absolute atomic E-state index is 12.0. The third-order valence-corrected chi connectivity index (χ3v) is 3.66.